The molecule has 2 aliphatic carbocycles. The number of allylic oxidation sites excluding steroid dienone is 3. The Hall–Kier alpha value is -7.76. The molecule has 3 heterocycles. The summed E-state index contributed by atoms with van der Waals surface area (Å²) in [5.74, 6) is 1.68. The van der Waals surface area contributed by atoms with E-state index in [4.69, 9.17) is 14.4 Å². The zero-order chi connectivity index (χ0) is 42.7. The summed E-state index contributed by atoms with van der Waals surface area (Å²) in [5, 5.41) is 7.25. The molecule has 1 aliphatic heterocycles. The van der Waals surface area contributed by atoms with Gasteiger partial charge in [0.15, 0.2) is 5.84 Å². The first-order valence-electron chi connectivity index (χ1n) is 22.4. The monoisotopic (exact) mass is 824 g/mol. The van der Waals surface area contributed by atoms with Crippen molar-refractivity contribution in [3.63, 3.8) is 0 Å². The molecule has 8 aromatic carbocycles. The molecule has 13 rings (SSSR count). The van der Waals surface area contributed by atoms with E-state index in [0.29, 0.717) is 0 Å². The number of aliphatic imine (C=N–C) groups is 2. The quantitative estimate of drug-likeness (QED) is 0.174. The SMILES string of the molecule is CN1C(c2cc(-c3cccc4oc5ccccc5c34)cc(-n3c4ccccc4c4cc5c(cc43)C(C)(C)c3ccc4ccccc4c3-5)c2)=NC(C2=CC=CCC2)=NC1c1ccccc1. The number of hydrogen-bond acceptors (Lipinski definition) is 4. The Morgan fingerprint density at radius 1 is 0.625 bits per heavy atom. The average Bonchev–Trinajstić information content (AvgIpc) is 3.96. The van der Waals surface area contributed by atoms with E-state index >= 15 is 0 Å². The fourth-order valence-corrected chi connectivity index (χ4v) is 10.9. The first-order chi connectivity index (χ1) is 31.4. The lowest BCUT2D eigenvalue weighted by Gasteiger charge is -2.33. The molecule has 2 aromatic heterocycles. The first-order valence-corrected chi connectivity index (χ1v) is 22.4. The topological polar surface area (TPSA) is 46.0 Å². The molecule has 0 saturated heterocycles. The number of hydrogen-bond donors (Lipinski definition) is 0. The van der Waals surface area contributed by atoms with Crippen molar-refractivity contribution < 1.29 is 4.42 Å². The summed E-state index contributed by atoms with van der Waals surface area (Å²) in [6.45, 7) is 4.77. The molecule has 0 amide bonds. The molecule has 64 heavy (non-hydrogen) atoms. The molecule has 1 atom stereocenters. The molecule has 306 valence electrons. The smallest absolute Gasteiger partial charge is 0.155 e. The van der Waals surface area contributed by atoms with Gasteiger partial charge in [-0.3, -0.25) is 0 Å². The van der Waals surface area contributed by atoms with Gasteiger partial charge in [-0.1, -0.05) is 147 Å². The Labute approximate surface area is 371 Å². The summed E-state index contributed by atoms with van der Waals surface area (Å²) in [7, 11) is 2.13. The minimum atomic E-state index is -0.250. The van der Waals surface area contributed by atoms with Gasteiger partial charge >= 0.3 is 0 Å². The molecular formula is C59H44N4O. The lowest BCUT2D eigenvalue weighted by atomic mass is 9.82. The zero-order valence-corrected chi connectivity index (χ0v) is 36.0. The van der Waals surface area contributed by atoms with E-state index in [1.165, 1.54) is 49.3 Å². The highest BCUT2D eigenvalue weighted by molar-refractivity contribution is 6.17. The van der Waals surface area contributed by atoms with Crippen LogP contribution in [0.15, 0.2) is 202 Å². The van der Waals surface area contributed by atoms with Gasteiger partial charge in [0.05, 0.1) is 11.0 Å². The van der Waals surface area contributed by atoms with E-state index in [2.05, 4.69) is 206 Å². The summed E-state index contributed by atoms with van der Waals surface area (Å²) in [6, 6.07) is 59.8. The maximum atomic E-state index is 6.49. The van der Waals surface area contributed by atoms with Crippen LogP contribution in [0.3, 0.4) is 0 Å². The first kappa shape index (κ1) is 36.9. The standard InChI is InChI=1S/C59H44N4O/c1-59(2)48-30-29-36-17-10-11-22-42(36)54(48)47-34-46-44-23-12-14-26-50(44)63(51(46)35-49(47)59)41-32-39(43-25-16-28-53-55(43)45-24-13-15-27-52(45)64-53)31-40(33-41)58-61-56(37-18-6-4-7-19-37)60-57(62(58)3)38-20-8-5-9-21-38/h4-6,8-18,20-35,57H,7,19H2,1-3H3. The maximum Gasteiger partial charge on any atom is 0.155 e. The molecule has 5 heteroatoms. The van der Waals surface area contributed by atoms with Crippen LogP contribution >= 0.6 is 0 Å². The molecule has 0 fully saturated rings. The summed E-state index contributed by atoms with van der Waals surface area (Å²) in [4.78, 5) is 13.1. The van der Waals surface area contributed by atoms with Crippen LogP contribution < -0.4 is 0 Å². The minimum Gasteiger partial charge on any atom is -0.456 e. The fraction of sp³-hybridized carbons (Fsp3) is 0.119. The van der Waals surface area contributed by atoms with Gasteiger partial charge in [-0.2, -0.15) is 0 Å². The molecule has 10 aromatic rings. The lowest BCUT2D eigenvalue weighted by molar-refractivity contribution is 0.382. The zero-order valence-electron chi connectivity index (χ0n) is 36.0. The average molecular weight is 825 g/mol. The lowest BCUT2D eigenvalue weighted by Crippen LogP contribution is -2.36. The van der Waals surface area contributed by atoms with Crippen molar-refractivity contribution in [3.05, 3.63) is 210 Å². The number of fused-ring (bicyclic) bond motifs is 11. The Morgan fingerprint density at radius 3 is 2.25 bits per heavy atom. The van der Waals surface area contributed by atoms with Crippen LogP contribution in [0, 0.1) is 0 Å². The number of amidine groups is 2. The largest absolute Gasteiger partial charge is 0.456 e. The molecule has 0 N–H and O–H groups in total. The number of aromatic nitrogens is 1. The summed E-state index contributed by atoms with van der Waals surface area (Å²) >= 11 is 0. The van der Waals surface area contributed by atoms with Crippen LogP contribution in [0.25, 0.3) is 82.5 Å². The summed E-state index contributed by atoms with van der Waals surface area (Å²) in [6.07, 6.45) is 8.17. The Kier molecular flexibility index (Phi) is 7.99. The second kappa shape index (κ2) is 13.9. The van der Waals surface area contributed by atoms with Crippen LogP contribution in [0.2, 0.25) is 0 Å². The molecule has 0 spiro atoms. The van der Waals surface area contributed by atoms with Crippen LogP contribution in [0.4, 0.5) is 0 Å². The van der Waals surface area contributed by atoms with E-state index in [1.54, 1.807) is 0 Å². The van der Waals surface area contributed by atoms with Crippen molar-refractivity contribution in [2.24, 2.45) is 9.98 Å². The minimum absolute atomic E-state index is 0.195. The third-order valence-corrected chi connectivity index (χ3v) is 14.1. The van der Waals surface area contributed by atoms with Gasteiger partial charge < -0.3 is 13.9 Å². The molecule has 0 radical (unpaired) electrons. The normalized spacial score (nSPS) is 16.7. The van der Waals surface area contributed by atoms with Gasteiger partial charge in [-0.15, -0.1) is 0 Å². The van der Waals surface area contributed by atoms with E-state index in [0.717, 1.165) is 85.5 Å². The van der Waals surface area contributed by atoms with Gasteiger partial charge in [0, 0.05) is 45.3 Å². The van der Waals surface area contributed by atoms with E-state index in [-0.39, 0.29) is 11.6 Å². The highest BCUT2D eigenvalue weighted by Gasteiger charge is 2.38. The van der Waals surface area contributed by atoms with Gasteiger partial charge in [0.1, 0.15) is 23.2 Å². The number of para-hydroxylation sites is 2. The van der Waals surface area contributed by atoms with Gasteiger partial charge in [-0.05, 0) is 117 Å². The maximum absolute atomic E-state index is 6.49. The highest BCUT2D eigenvalue weighted by atomic mass is 16.3. The number of nitrogens with zero attached hydrogens (tertiary/aromatic N) is 4. The fourth-order valence-electron chi connectivity index (χ4n) is 10.9. The van der Waals surface area contributed by atoms with E-state index in [1.807, 2.05) is 6.07 Å². The van der Waals surface area contributed by atoms with Crippen LogP contribution in [-0.4, -0.2) is 28.2 Å². The second-order valence-electron chi connectivity index (χ2n) is 18.1. The molecular weight excluding hydrogens is 781 g/mol. The van der Waals surface area contributed by atoms with Gasteiger partial charge in [0.25, 0.3) is 0 Å². The van der Waals surface area contributed by atoms with Crippen molar-refractivity contribution in [2.75, 3.05) is 7.05 Å². The van der Waals surface area contributed by atoms with Gasteiger partial charge in [-0.25, -0.2) is 9.98 Å². The number of rotatable bonds is 5. The Morgan fingerprint density at radius 2 is 1.39 bits per heavy atom. The Bertz CT molecular complexity index is 3730. The third-order valence-electron chi connectivity index (χ3n) is 14.1. The van der Waals surface area contributed by atoms with Crippen LogP contribution in [-0.2, 0) is 5.41 Å². The molecule has 1 unspecified atom stereocenters. The third kappa shape index (κ3) is 5.43. The van der Waals surface area contributed by atoms with Crippen LogP contribution in [0.5, 0.6) is 0 Å². The van der Waals surface area contributed by atoms with Crippen molar-refractivity contribution in [3.8, 4) is 27.9 Å². The predicted octanol–water partition coefficient (Wildman–Crippen LogP) is 14.9. The van der Waals surface area contributed by atoms with E-state index in [9.17, 15) is 0 Å². The second-order valence-corrected chi connectivity index (χ2v) is 18.1. The van der Waals surface area contributed by atoms with Gasteiger partial charge in [0.2, 0.25) is 0 Å². The van der Waals surface area contributed by atoms with Crippen molar-refractivity contribution >= 4 is 66.2 Å². The predicted molar refractivity (Wildman–Crippen MR) is 266 cm³/mol. The molecule has 3 aliphatic rings. The number of benzene rings is 8. The van der Waals surface area contributed by atoms with E-state index < -0.39 is 0 Å². The Balaban J connectivity index is 1.10. The number of furan rings is 1. The van der Waals surface area contributed by atoms with Crippen molar-refractivity contribution in [1.29, 1.82) is 0 Å². The molecule has 0 saturated carbocycles. The summed E-state index contributed by atoms with van der Waals surface area (Å²) in [5.41, 5.74) is 15.9. The highest BCUT2D eigenvalue weighted by Crippen LogP contribution is 2.53. The van der Waals surface area contributed by atoms with Crippen molar-refractivity contribution in [1.82, 2.24) is 9.47 Å². The molecule has 5 nitrogen and oxygen atoms in total. The van der Waals surface area contributed by atoms with Crippen LogP contribution in [0.1, 0.15) is 55.1 Å². The molecule has 0 bridgehead atoms. The summed E-state index contributed by atoms with van der Waals surface area (Å²) < 4.78 is 8.98. The van der Waals surface area contributed by atoms with Crippen molar-refractivity contribution in [2.45, 2.75) is 38.3 Å².